The van der Waals surface area contributed by atoms with Crippen LogP contribution < -0.4 is 15.4 Å². The summed E-state index contributed by atoms with van der Waals surface area (Å²) in [5, 5.41) is 5.68. The van der Waals surface area contributed by atoms with Gasteiger partial charge in [0.2, 0.25) is 0 Å². The standard InChI is InChI=1S/C17H17N3O3/c1-10-3-4-13(8-18-10)17(22)19-11(2)12-5-6-15-14(7-12)20-16(21)9-23-15/h3-8,11H,9H2,1-2H3,(H,19,22)(H,20,21). The van der Waals surface area contributed by atoms with Gasteiger partial charge >= 0.3 is 0 Å². The summed E-state index contributed by atoms with van der Waals surface area (Å²) >= 11 is 0. The van der Waals surface area contributed by atoms with Crippen molar-refractivity contribution in [3.05, 3.63) is 53.3 Å². The number of benzene rings is 1. The van der Waals surface area contributed by atoms with Crippen LogP contribution in [0.1, 0.15) is 34.6 Å². The van der Waals surface area contributed by atoms with Gasteiger partial charge in [-0.3, -0.25) is 14.6 Å². The van der Waals surface area contributed by atoms with Crippen LogP contribution in [0.2, 0.25) is 0 Å². The summed E-state index contributed by atoms with van der Waals surface area (Å²) in [7, 11) is 0. The second-order valence-electron chi connectivity index (χ2n) is 5.48. The van der Waals surface area contributed by atoms with Crippen LogP contribution >= 0.6 is 0 Å². The zero-order valence-corrected chi connectivity index (χ0v) is 12.9. The molecule has 1 aromatic carbocycles. The maximum absolute atomic E-state index is 12.2. The van der Waals surface area contributed by atoms with E-state index in [1.165, 1.54) is 0 Å². The minimum atomic E-state index is -0.215. The lowest BCUT2D eigenvalue weighted by Gasteiger charge is -2.21. The summed E-state index contributed by atoms with van der Waals surface area (Å²) in [6.07, 6.45) is 1.55. The van der Waals surface area contributed by atoms with Crippen molar-refractivity contribution in [1.82, 2.24) is 10.3 Å². The Kier molecular flexibility index (Phi) is 3.97. The van der Waals surface area contributed by atoms with Crippen molar-refractivity contribution in [3.8, 4) is 5.75 Å². The highest BCUT2D eigenvalue weighted by atomic mass is 16.5. The molecule has 1 unspecified atom stereocenters. The topological polar surface area (TPSA) is 80.3 Å². The number of aromatic nitrogens is 1. The predicted octanol–water partition coefficient (Wildman–Crippen LogP) is 2.21. The zero-order chi connectivity index (χ0) is 16.4. The number of amides is 2. The SMILES string of the molecule is Cc1ccc(C(=O)NC(C)c2ccc3c(c2)NC(=O)CO3)cn1. The fourth-order valence-corrected chi connectivity index (χ4v) is 2.34. The van der Waals surface area contributed by atoms with Crippen LogP contribution in [0, 0.1) is 6.92 Å². The Hall–Kier alpha value is -2.89. The van der Waals surface area contributed by atoms with Crippen molar-refractivity contribution in [2.24, 2.45) is 0 Å². The molecule has 6 nitrogen and oxygen atoms in total. The van der Waals surface area contributed by atoms with E-state index in [0.29, 0.717) is 17.0 Å². The first-order valence-corrected chi connectivity index (χ1v) is 7.33. The van der Waals surface area contributed by atoms with Crippen molar-refractivity contribution >= 4 is 17.5 Å². The fourth-order valence-electron chi connectivity index (χ4n) is 2.34. The Morgan fingerprint density at radius 3 is 2.91 bits per heavy atom. The van der Waals surface area contributed by atoms with E-state index >= 15 is 0 Å². The van der Waals surface area contributed by atoms with Crippen LogP contribution in [0.4, 0.5) is 5.69 Å². The van der Waals surface area contributed by atoms with E-state index < -0.39 is 0 Å². The molecule has 2 N–H and O–H groups in total. The van der Waals surface area contributed by atoms with Gasteiger partial charge < -0.3 is 15.4 Å². The molecule has 1 aliphatic rings. The van der Waals surface area contributed by atoms with Gasteiger partial charge in [-0.1, -0.05) is 6.07 Å². The number of rotatable bonds is 3. The Labute approximate surface area is 133 Å². The molecule has 0 spiro atoms. The molecule has 0 saturated heterocycles. The lowest BCUT2D eigenvalue weighted by Crippen LogP contribution is -2.28. The first-order valence-electron chi connectivity index (χ1n) is 7.33. The Bertz CT molecular complexity index is 756. The number of ether oxygens (including phenoxy) is 1. The van der Waals surface area contributed by atoms with Crippen LogP contribution in [0.5, 0.6) is 5.75 Å². The molecule has 0 aliphatic carbocycles. The third-order valence-electron chi connectivity index (χ3n) is 3.66. The Balaban J connectivity index is 1.74. The Morgan fingerprint density at radius 2 is 2.17 bits per heavy atom. The molecule has 0 radical (unpaired) electrons. The third kappa shape index (κ3) is 3.31. The number of nitrogens with one attached hydrogen (secondary N) is 2. The van der Waals surface area contributed by atoms with Gasteiger partial charge in [0.25, 0.3) is 11.8 Å². The molecule has 2 amide bonds. The van der Waals surface area contributed by atoms with E-state index in [4.69, 9.17) is 4.74 Å². The van der Waals surface area contributed by atoms with Crippen LogP contribution in [-0.2, 0) is 4.79 Å². The van der Waals surface area contributed by atoms with E-state index in [0.717, 1.165) is 11.3 Å². The highest BCUT2D eigenvalue weighted by Crippen LogP contribution is 2.30. The molecule has 6 heteroatoms. The molecule has 0 bridgehead atoms. The third-order valence-corrected chi connectivity index (χ3v) is 3.66. The summed E-state index contributed by atoms with van der Waals surface area (Å²) in [5.41, 5.74) is 2.87. The number of nitrogens with zero attached hydrogens (tertiary/aromatic N) is 1. The predicted molar refractivity (Wildman–Crippen MR) is 85.4 cm³/mol. The largest absolute Gasteiger partial charge is 0.482 e. The molecule has 2 aromatic rings. The van der Waals surface area contributed by atoms with E-state index in [1.54, 1.807) is 24.4 Å². The molecule has 2 heterocycles. The van der Waals surface area contributed by atoms with Crippen LogP contribution in [-0.4, -0.2) is 23.4 Å². The highest BCUT2D eigenvalue weighted by Gasteiger charge is 2.18. The van der Waals surface area contributed by atoms with Crippen LogP contribution in [0.15, 0.2) is 36.5 Å². The number of fused-ring (bicyclic) bond motifs is 1. The number of anilines is 1. The van der Waals surface area contributed by atoms with Crippen LogP contribution in [0.25, 0.3) is 0 Å². The second-order valence-corrected chi connectivity index (χ2v) is 5.48. The van der Waals surface area contributed by atoms with Gasteiger partial charge in [-0.25, -0.2) is 0 Å². The fraction of sp³-hybridized carbons (Fsp3) is 0.235. The van der Waals surface area contributed by atoms with E-state index in [-0.39, 0.29) is 24.5 Å². The number of pyridine rings is 1. The molecular weight excluding hydrogens is 294 g/mol. The molecular formula is C17H17N3O3. The molecule has 1 aliphatic heterocycles. The first kappa shape index (κ1) is 15.0. The maximum atomic E-state index is 12.2. The number of hydrogen-bond acceptors (Lipinski definition) is 4. The van der Waals surface area contributed by atoms with Crippen LogP contribution in [0.3, 0.4) is 0 Å². The minimum absolute atomic E-state index is 0.0268. The van der Waals surface area contributed by atoms with Gasteiger partial charge in [-0.15, -0.1) is 0 Å². The number of hydrogen-bond donors (Lipinski definition) is 2. The smallest absolute Gasteiger partial charge is 0.262 e. The van der Waals surface area contributed by atoms with E-state index in [2.05, 4.69) is 15.6 Å². The lowest BCUT2D eigenvalue weighted by molar-refractivity contribution is -0.118. The van der Waals surface area contributed by atoms with Gasteiger partial charge in [-0.2, -0.15) is 0 Å². The molecule has 1 aromatic heterocycles. The molecule has 1 atom stereocenters. The second kappa shape index (κ2) is 6.08. The lowest BCUT2D eigenvalue weighted by atomic mass is 10.1. The number of carbonyl (C=O) groups excluding carboxylic acids is 2. The van der Waals surface area contributed by atoms with Crippen molar-refractivity contribution in [2.75, 3.05) is 11.9 Å². The van der Waals surface area contributed by atoms with E-state index in [1.807, 2.05) is 26.0 Å². The van der Waals surface area contributed by atoms with E-state index in [9.17, 15) is 9.59 Å². The van der Waals surface area contributed by atoms with Gasteiger partial charge in [-0.05, 0) is 43.7 Å². The quantitative estimate of drug-likeness (QED) is 0.911. The highest BCUT2D eigenvalue weighted by molar-refractivity contribution is 5.96. The molecule has 0 saturated carbocycles. The summed E-state index contributed by atoms with van der Waals surface area (Å²) in [6, 6.07) is 8.80. The minimum Gasteiger partial charge on any atom is -0.482 e. The molecule has 23 heavy (non-hydrogen) atoms. The average Bonchev–Trinajstić information content (AvgIpc) is 2.54. The molecule has 0 fully saturated rings. The van der Waals surface area contributed by atoms with Crippen molar-refractivity contribution in [3.63, 3.8) is 0 Å². The summed E-state index contributed by atoms with van der Waals surface area (Å²) in [6.45, 7) is 3.78. The summed E-state index contributed by atoms with van der Waals surface area (Å²) in [5.74, 6) is 0.259. The zero-order valence-electron chi connectivity index (χ0n) is 12.9. The first-order chi connectivity index (χ1) is 11.0. The summed E-state index contributed by atoms with van der Waals surface area (Å²) in [4.78, 5) is 27.7. The van der Waals surface area contributed by atoms with Gasteiger partial charge in [0, 0.05) is 11.9 Å². The van der Waals surface area contributed by atoms with Gasteiger partial charge in [0.15, 0.2) is 6.61 Å². The number of aryl methyl sites for hydroxylation is 1. The average molecular weight is 311 g/mol. The van der Waals surface area contributed by atoms with Crippen molar-refractivity contribution in [1.29, 1.82) is 0 Å². The number of carbonyl (C=O) groups is 2. The van der Waals surface area contributed by atoms with Gasteiger partial charge in [0.1, 0.15) is 5.75 Å². The van der Waals surface area contributed by atoms with Crippen molar-refractivity contribution in [2.45, 2.75) is 19.9 Å². The normalized spacial score (nSPS) is 14.3. The van der Waals surface area contributed by atoms with Gasteiger partial charge in [0.05, 0.1) is 17.3 Å². The molecule has 118 valence electrons. The summed E-state index contributed by atoms with van der Waals surface area (Å²) < 4.78 is 5.32. The Morgan fingerprint density at radius 1 is 1.35 bits per heavy atom. The van der Waals surface area contributed by atoms with Crippen molar-refractivity contribution < 1.29 is 14.3 Å². The maximum Gasteiger partial charge on any atom is 0.262 e. The monoisotopic (exact) mass is 311 g/mol. The molecule has 3 rings (SSSR count).